The van der Waals surface area contributed by atoms with Crippen LogP contribution in [-0.4, -0.2) is 18.4 Å². The summed E-state index contributed by atoms with van der Waals surface area (Å²) < 4.78 is 11.1. The lowest BCUT2D eigenvalue weighted by molar-refractivity contribution is -0.139. The molecule has 2 aliphatic rings. The molecule has 1 heterocycles. The Morgan fingerprint density at radius 1 is 1.07 bits per heavy atom. The highest BCUT2D eigenvalue weighted by atomic mass is 16.5. The number of Topliss-reactive ketones (excluding diaryl/α,β-unsaturated/α-hetero) is 1. The fourth-order valence-electron chi connectivity index (χ4n) is 4.27. The van der Waals surface area contributed by atoms with E-state index in [1.807, 2.05) is 61.5 Å². The van der Waals surface area contributed by atoms with Crippen molar-refractivity contribution in [3.63, 3.8) is 0 Å². The van der Waals surface area contributed by atoms with Gasteiger partial charge in [0.25, 0.3) is 0 Å². The van der Waals surface area contributed by atoms with E-state index in [1.165, 1.54) is 0 Å². The molecule has 0 saturated carbocycles. The first-order valence-corrected chi connectivity index (χ1v) is 10.2. The van der Waals surface area contributed by atoms with Gasteiger partial charge in [0.2, 0.25) is 5.88 Å². The summed E-state index contributed by atoms with van der Waals surface area (Å²) in [6.45, 7) is 3.94. The molecular formula is C25H25NO4. The minimum absolute atomic E-state index is 0.0132. The monoisotopic (exact) mass is 403 g/mol. The Balaban J connectivity index is 1.80. The Labute approximate surface area is 176 Å². The minimum Gasteiger partial charge on any atom is -0.462 e. The number of benzene rings is 2. The lowest BCUT2D eigenvalue weighted by atomic mass is 9.73. The number of allylic oxidation sites excluding steroid dienone is 2. The van der Waals surface area contributed by atoms with Gasteiger partial charge in [-0.15, -0.1) is 0 Å². The SMILES string of the molecule is CCOC(=O)C1=C(N)OC2=C(C(=O)C[C@@H](c3ccccc3)C2)[C@H]1c1ccc(C)cc1. The first-order chi connectivity index (χ1) is 14.5. The normalized spacial score (nSPS) is 21.2. The Kier molecular flexibility index (Phi) is 5.44. The highest BCUT2D eigenvalue weighted by molar-refractivity contribution is 6.03. The fraction of sp³-hybridized carbons (Fsp3) is 0.280. The summed E-state index contributed by atoms with van der Waals surface area (Å²) in [6, 6.07) is 17.7. The molecule has 2 N–H and O–H groups in total. The van der Waals surface area contributed by atoms with Crippen molar-refractivity contribution in [2.45, 2.75) is 38.5 Å². The third kappa shape index (κ3) is 3.63. The maximum atomic E-state index is 13.3. The van der Waals surface area contributed by atoms with Gasteiger partial charge in [0, 0.05) is 18.4 Å². The van der Waals surface area contributed by atoms with Gasteiger partial charge >= 0.3 is 5.97 Å². The summed E-state index contributed by atoms with van der Waals surface area (Å²) in [5.74, 6) is -0.573. The molecule has 1 aliphatic heterocycles. The lowest BCUT2D eigenvalue weighted by Crippen LogP contribution is -2.33. The van der Waals surface area contributed by atoms with Crippen molar-refractivity contribution in [3.05, 3.63) is 94.1 Å². The van der Waals surface area contributed by atoms with Gasteiger partial charge in [-0.3, -0.25) is 4.79 Å². The van der Waals surface area contributed by atoms with E-state index in [0.29, 0.717) is 24.2 Å². The third-order valence-corrected chi connectivity index (χ3v) is 5.72. The molecule has 0 spiro atoms. The second-order valence-electron chi connectivity index (χ2n) is 7.72. The van der Waals surface area contributed by atoms with Crippen molar-refractivity contribution in [2.24, 2.45) is 5.73 Å². The predicted molar refractivity (Wildman–Crippen MR) is 113 cm³/mol. The summed E-state index contributed by atoms with van der Waals surface area (Å²) >= 11 is 0. The van der Waals surface area contributed by atoms with Crippen LogP contribution in [0.1, 0.15) is 48.3 Å². The smallest absolute Gasteiger partial charge is 0.340 e. The molecule has 2 aromatic rings. The standard InChI is InChI=1S/C25H25NO4/c1-3-29-25(28)23-21(17-11-9-15(2)10-12-17)22-19(27)13-18(14-20(22)30-24(23)26)16-7-5-4-6-8-16/h4-12,18,21H,3,13-14,26H2,1-2H3/t18-,21-/m1/s1. The number of rotatable bonds is 4. The number of ketones is 1. The van der Waals surface area contributed by atoms with Crippen molar-refractivity contribution < 1.29 is 19.1 Å². The van der Waals surface area contributed by atoms with Crippen LogP contribution in [0.25, 0.3) is 0 Å². The van der Waals surface area contributed by atoms with Crippen LogP contribution in [0.15, 0.2) is 77.4 Å². The predicted octanol–water partition coefficient (Wildman–Crippen LogP) is 4.24. The van der Waals surface area contributed by atoms with E-state index in [-0.39, 0.29) is 29.8 Å². The Bertz CT molecular complexity index is 1030. The molecule has 0 unspecified atom stereocenters. The van der Waals surface area contributed by atoms with Gasteiger partial charge < -0.3 is 15.2 Å². The molecule has 2 aromatic carbocycles. The summed E-state index contributed by atoms with van der Waals surface area (Å²) in [5.41, 5.74) is 9.94. The second-order valence-corrected chi connectivity index (χ2v) is 7.72. The summed E-state index contributed by atoms with van der Waals surface area (Å²) in [6.07, 6.45) is 0.925. The highest BCUT2D eigenvalue weighted by Crippen LogP contribution is 2.47. The van der Waals surface area contributed by atoms with E-state index in [9.17, 15) is 9.59 Å². The highest BCUT2D eigenvalue weighted by Gasteiger charge is 2.43. The average molecular weight is 403 g/mol. The maximum absolute atomic E-state index is 13.3. The van der Waals surface area contributed by atoms with Crippen LogP contribution in [0, 0.1) is 6.92 Å². The molecule has 1 aliphatic carbocycles. The molecule has 0 radical (unpaired) electrons. The number of nitrogens with two attached hydrogens (primary N) is 1. The zero-order valence-corrected chi connectivity index (χ0v) is 17.2. The van der Waals surface area contributed by atoms with E-state index in [0.717, 1.165) is 16.7 Å². The van der Waals surface area contributed by atoms with Crippen molar-refractivity contribution in [3.8, 4) is 0 Å². The number of hydrogen-bond donors (Lipinski definition) is 1. The molecule has 0 saturated heterocycles. The summed E-state index contributed by atoms with van der Waals surface area (Å²) in [7, 11) is 0. The molecular weight excluding hydrogens is 378 g/mol. The topological polar surface area (TPSA) is 78.6 Å². The first-order valence-electron chi connectivity index (χ1n) is 10.2. The van der Waals surface area contributed by atoms with Gasteiger partial charge in [0.15, 0.2) is 5.78 Å². The van der Waals surface area contributed by atoms with Gasteiger partial charge in [-0.1, -0.05) is 60.2 Å². The second kappa shape index (κ2) is 8.19. The van der Waals surface area contributed by atoms with Gasteiger partial charge in [0.1, 0.15) is 11.3 Å². The maximum Gasteiger partial charge on any atom is 0.340 e. The number of carbonyl (C=O) groups excluding carboxylic acids is 2. The van der Waals surface area contributed by atoms with E-state index in [2.05, 4.69) is 0 Å². The Hall–Kier alpha value is -3.34. The van der Waals surface area contributed by atoms with Crippen LogP contribution in [-0.2, 0) is 19.1 Å². The molecule has 2 atom stereocenters. The number of ether oxygens (including phenoxy) is 2. The molecule has 154 valence electrons. The number of aryl methyl sites for hydroxylation is 1. The van der Waals surface area contributed by atoms with Crippen LogP contribution >= 0.6 is 0 Å². The fourth-order valence-corrected chi connectivity index (χ4v) is 4.27. The van der Waals surface area contributed by atoms with E-state index in [1.54, 1.807) is 6.92 Å². The van der Waals surface area contributed by atoms with Crippen LogP contribution in [0.3, 0.4) is 0 Å². The van der Waals surface area contributed by atoms with E-state index in [4.69, 9.17) is 15.2 Å². The minimum atomic E-state index is -0.586. The zero-order valence-electron chi connectivity index (χ0n) is 17.2. The first kappa shape index (κ1) is 20.0. The zero-order chi connectivity index (χ0) is 21.3. The Morgan fingerprint density at radius 3 is 2.43 bits per heavy atom. The number of esters is 1. The molecule has 30 heavy (non-hydrogen) atoms. The molecule has 4 rings (SSSR count). The van der Waals surface area contributed by atoms with Gasteiger partial charge in [-0.25, -0.2) is 4.79 Å². The largest absolute Gasteiger partial charge is 0.462 e. The van der Waals surface area contributed by atoms with Crippen LogP contribution in [0.5, 0.6) is 0 Å². The van der Waals surface area contributed by atoms with E-state index >= 15 is 0 Å². The average Bonchev–Trinajstić information content (AvgIpc) is 2.74. The Morgan fingerprint density at radius 2 is 1.77 bits per heavy atom. The number of carbonyl (C=O) groups is 2. The number of hydrogen-bond acceptors (Lipinski definition) is 5. The third-order valence-electron chi connectivity index (χ3n) is 5.72. The quantitative estimate of drug-likeness (QED) is 0.773. The molecule has 0 bridgehead atoms. The summed E-state index contributed by atoms with van der Waals surface area (Å²) in [4.78, 5) is 26.1. The van der Waals surface area contributed by atoms with Gasteiger partial charge in [0.05, 0.1) is 12.5 Å². The van der Waals surface area contributed by atoms with Gasteiger partial charge in [-0.2, -0.15) is 0 Å². The lowest BCUT2D eigenvalue weighted by Gasteiger charge is -2.35. The van der Waals surface area contributed by atoms with Crippen LogP contribution in [0.4, 0.5) is 0 Å². The van der Waals surface area contributed by atoms with Crippen molar-refractivity contribution in [1.29, 1.82) is 0 Å². The summed E-state index contributed by atoms with van der Waals surface area (Å²) in [5, 5.41) is 0. The van der Waals surface area contributed by atoms with Crippen molar-refractivity contribution in [2.75, 3.05) is 6.61 Å². The molecule has 5 heteroatoms. The van der Waals surface area contributed by atoms with Crippen LogP contribution in [0.2, 0.25) is 0 Å². The van der Waals surface area contributed by atoms with Crippen molar-refractivity contribution in [1.82, 2.24) is 0 Å². The molecule has 0 fully saturated rings. The molecule has 5 nitrogen and oxygen atoms in total. The molecule has 0 amide bonds. The van der Waals surface area contributed by atoms with Crippen molar-refractivity contribution >= 4 is 11.8 Å². The van der Waals surface area contributed by atoms with Crippen LogP contribution < -0.4 is 5.73 Å². The van der Waals surface area contributed by atoms with E-state index < -0.39 is 11.9 Å². The van der Waals surface area contributed by atoms with Gasteiger partial charge in [-0.05, 0) is 30.9 Å². The molecule has 0 aromatic heterocycles.